The van der Waals surface area contributed by atoms with Crippen molar-refractivity contribution < 1.29 is 25.6 Å². The van der Waals surface area contributed by atoms with Gasteiger partial charge in [-0.25, -0.2) is 19.7 Å². The standard InChI is InChI=1S/C27H31N7O3S/c1-4-28-25(35)33-26-32-22-13-18(19-14-30-24(31-15-19)27(2,3)36)12-20(23(22)38-26)21-11-17(5-6-29-21)16-34-7-9-37-10-8-34/h5-6,11-15,36H,4,7-10,16H2,1-3H3,(H2,28,32,33,35)/i7D2,8D2,9D2,10D2. The Hall–Kier alpha value is -3.51. The first-order valence-corrected chi connectivity index (χ1v) is 12.6. The van der Waals surface area contributed by atoms with Gasteiger partial charge in [-0.1, -0.05) is 11.3 Å². The van der Waals surface area contributed by atoms with Crippen LogP contribution in [0.3, 0.4) is 0 Å². The number of hydrogen-bond donors (Lipinski definition) is 3. The van der Waals surface area contributed by atoms with Gasteiger partial charge in [0.05, 0.1) is 34.5 Å². The Balaban J connectivity index is 1.61. The third-order valence-electron chi connectivity index (χ3n) is 5.48. The number of pyridine rings is 1. The number of anilines is 1. The van der Waals surface area contributed by atoms with Crippen molar-refractivity contribution in [2.75, 3.05) is 38.0 Å². The van der Waals surface area contributed by atoms with Gasteiger partial charge >= 0.3 is 6.03 Å². The molecule has 1 aromatic carbocycles. The van der Waals surface area contributed by atoms with Gasteiger partial charge in [-0.2, -0.15) is 0 Å². The summed E-state index contributed by atoms with van der Waals surface area (Å²) in [6.45, 7) is -7.64. The summed E-state index contributed by atoms with van der Waals surface area (Å²) in [7, 11) is 0. The van der Waals surface area contributed by atoms with Crippen LogP contribution in [0, 0.1) is 0 Å². The molecule has 1 aliphatic rings. The van der Waals surface area contributed by atoms with E-state index in [2.05, 4.69) is 35.3 Å². The summed E-state index contributed by atoms with van der Waals surface area (Å²) in [5.74, 6) is 0.227. The fourth-order valence-electron chi connectivity index (χ4n) is 3.73. The number of aromatic nitrogens is 4. The second-order valence-corrected chi connectivity index (χ2v) is 9.89. The van der Waals surface area contributed by atoms with Crippen molar-refractivity contribution in [3.05, 3.63) is 54.2 Å². The molecule has 0 saturated carbocycles. The van der Waals surface area contributed by atoms with Gasteiger partial charge in [-0.05, 0) is 56.2 Å². The highest BCUT2D eigenvalue weighted by Crippen LogP contribution is 2.38. The third kappa shape index (κ3) is 5.97. The molecule has 38 heavy (non-hydrogen) atoms. The zero-order valence-electron chi connectivity index (χ0n) is 28.9. The number of carbonyl (C=O) groups is 1. The second kappa shape index (κ2) is 11.1. The second-order valence-electron chi connectivity index (χ2n) is 8.90. The van der Waals surface area contributed by atoms with Gasteiger partial charge in [0.15, 0.2) is 11.0 Å². The molecule has 10 nitrogen and oxygen atoms in total. The minimum Gasteiger partial charge on any atom is -0.382 e. The highest BCUT2D eigenvalue weighted by atomic mass is 32.1. The zero-order chi connectivity index (χ0) is 33.9. The molecule has 5 rings (SSSR count). The van der Waals surface area contributed by atoms with Gasteiger partial charge < -0.3 is 15.2 Å². The molecule has 3 N–H and O–H groups in total. The first-order chi connectivity index (χ1) is 21.3. The van der Waals surface area contributed by atoms with Crippen LogP contribution in [0.25, 0.3) is 32.6 Å². The smallest absolute Gasteiger partial charge is 0.321 e. The van der Waals surface area contributed by atoms with E-state index in [0.717, 1.165) is 0 Å². The summed E-state index contributed by atoms with van der Waals surface area (Å²) in [4.78, 5) is 30.4. The topological polar surface area (TPSA) is 125 Å². The Morgan fingerprint density at radius 2 is 1.95 bits per heavy atom. The number of thiazole rings is 1. The van der Waals surface area contributed by atoms with Crippen LogP contribution >= 0.6 is 11.3 Å². The molecule has 1 aliphatic heterocycles. The average molecular weight is 542 g/mol. The lowest BCUT2D eigenvalue weighted by Gasteiger charge is -2.26. The molecule has 4 heterocycles. The number of nitrogens with one attached hydrogen (secondary N) is 2. The Morgan fingerprint density at radius 1 is 1.18 bits per heavy atom. The number of hydrogen-bond acceptors (Lipinski definition) is 9. The molecule has 4 aromatic rings. The minimum absolute atomic E-state index is 0.227. The van der Waals surface area contributed by atoms with Crippen molar-refractivity contribution in [1.29, 1.82) is 0 Å². The number of benzene rings is 1. The molecule has 3 aromatic heterocycles. The van der Waals surface area contributed by atoms with Crippen LogP contribution in [0.15, 0.2) is 42.9 Å². The first kappa shape index (κ1) is 17.9. The lowest BCUT2D eigenvalue weighted by molar-refractivity contribution is 0.0342. The van der Waals surface area contributed by atoms with Gasteiger partial charge in [0.1, 0.15) is 5.60 Å². The molecular weight excluding hydrogens is 502 g/mol. The number of urea groups is 1. The number of amides is 2. The molecule has 0 atom stereocenters. The Kier molecular flexibility index (Phi) is 5.22. The maximum absolute atomic E-state index is 12.2. The Morgan fingerprint density at radius 3 is 2.66 bits per heavy atom. The van der Waals surface area contributed by atoms with Crippen LogP contribution in [0.4, 0.5) is 9.93 Å². The molecular formula is C27H31N7O3S. The van der Waals surface area contributed by atoms with E-state index in [1.165, 1.54) is 23.6 Å². The van der Waals surface area contributed by atoms with Crippen LogP contribution in [0.2, 0.25) is 0 Å². The molecule has 11 heteroatoms. The highest BCUT2D eigenvalue weighted by Gasteiger charge is 2.20. The Labute approximate surface area is 236 Å². The molecule has 0 spiro atoms. The number of rotatable bonds is 7. The van der Waals surface area contributed by atoms with Crippen LogP contribution in [0.5, 0.6) is 0 Å². The monoisotopic (exact) mass is 541 g/mol. The third-order valence-corrected chi connectivity index (χ3v) is 6.50. The maximum Gasteiger partial charge on any atom is 0.321 e. The average Bonchev–Trinajstić information content (AvgIpc) is 3.36. The maximum atomic E-state index is 12.2. The largest absolute Gasteiger partial charge is 0.382 e. The van der Waals surface area contributed by atoms with Gasteiger partial charge in [0, 0.05) is 61.3 Å². The van der Waals surface area contributed by atoms with E-state index in [-0.39, 0.29) is 5.82 Å². The van der Waals surface area contributed by atoms with Crippen molar-refractivity contribution in [3.63, 3.8) is 0 Å². The van der Waals surface area contributed by atoms with E-state index < -0.39 is 44.3 Å². The molecule has 0 aliphatic carbocycles. The van der Waals surface area contributed by atoms with Crippen molar-refractivity contribution in [2.45, 2.75) is 32.9 Å². The Bertz CT molecular complexity index is 1760. The predicted molar refractivity (Wildman–Crippen MR) is 148 cm³/mol. The fourth-order valence-corrected chi connectivity index (χ4v) is 4.69. The van der Waals surface area contributed by atoms with E-state index in [1.807, 2.05) is 0 Å². The van der Waals surface area contributed by atoms with Crippen molar-refractivity contribution in [1.82, 2.24) is 30.2 Å². The number of aliphatic hydroxyl groups is 1. The van der Waals surface area contributed by atoms with Crippen LogP contribution in [0.1, 0.15) is 43.1 Å². The summed E-state index contributed by atoms with van der Waals surface area (Å²) in [6.07, 6.45) is 4.54. The quantitative estimate of drug-likeness (QED) is 0.320. The van der Waals surface area contributed by atoms with E-state index >= 15 is 0 Å². The molecule has 0 radical (unpaired) electrons. The van der Waals surface area contributed by atoms with Gasteiger partial charge in [-0.15, -0.1) is 0 Å². The van der Waals surface area contributed by atoms with E-state index in [0.29, 0.717) is 54.7 Å². The van der Waals surface area contributed by atoms with Gasteiger partial charge in [0.2, 0.25) is 0 Å². The molecule has 1 saturated heterocycles. The summed E-state index contributed by atoms with van der Waals surface area (Å²) >= 11 is 1.19. The SMILES string of the molecule is [2H]C1([2H])OC([2H])([2H])C([2H])([2H])N(Cc2ccnc(-c3cc(-c4cnc(C(C)(C)O)nc4)cc4nc(NC(=O)NCC)sc34)c2)C1([2H])[2H]. The number of ether oxygens (including phenoxy) is 1. The number of carbonyl (C=O) groups excluding carboxylic acids is 1. The van der Waals surface area contributed by atoms with Crippen molar-refractivity contribution in [3.8, 4) is 22.4 Å². The number of nitrogens with zero attached hydrogens (tertiary/aromatic N) is 5. The molecule has 2 amide bonds. The summed E-state index contributed by atoms with van der Waals surface area (Å²) in [5.41, 5.74) is 1.72. The highest BCUT2D eigenvalue weighted by molar-refractivity contribution is 7.22. The van der Waals surface area contributed by atoms with Gasteiger partial charge in [0.25, 0.3) is 0 Å². The van der Waals surface area contributed by atoms with E-state index in [1.54, 1.807) is 51.4 Å². The number of morpholine rings is 1. The summed E-state index contributed by atoms with van der Waals surface area (Å²) < 4.78 is 70.7. The fraction of sp³-hybridized carbons (Fsp3) is 0.370. The van der Waals surface area contributed by atoms with E-state index in [9.17, 15) is 9.90 Å². The lowest BCUT2D eigenvalue weighted by Crippen LogP contribution is -2.35. The molecule has 0 unspecified atom stereocenters. The molecule has 0 bridgehead atoms. The van der Waals surface area contributed by atoms with Crippen LogP contribution in [-0.2, 0) is 16.9 Å². The normalized spacial score (nSPS) is 22.9. The van der Waals surface area contributed by atoms with Crippen LogP contribution < -0.4 is 10.6 Å². The van der Waals surface area contributed by atoms with Crippen LogP contribution in [-0.4, -0.2) is 68.6 Å². The number of fused-ring (bicyclic) bond motifs is 1. The van der Waals surface area contributed by atoms with Crippen molar-refractivity contribution >= 4 is 32.7 Å². The lowest BCUT2D eigenvalue weighted by atomic mass is 10.0. The summed E-state index contributed by atoms with van der Waals surface area (Å²) in [5, 5.41) is 15.9. The van der Waals surface area contributed by atoms with Crippen molar-refractivity contribution in [2.24, 2.45) is 0 Å². The zero-order valence-corrected chi connectivity index (χ0v) is 21.7. The molecule has 198 valence electrons. The predicted octanol–water partition coefficient (Wildman–Crippen LogP) is 4.02. The minimum atomic E-state index is -3.17. The first-order valence-electron chi connectivity index (χ1n) is 15.7. The van der Waals surface area contributed by atoms with Gasteiger partial charge in [-0.3, -0.25) is 15.2 Å². The van der Waals surface area contributed by atoms with E-state index in [4.69, 9.17) is 11.0 Å². The molecule has 1 fully saturated rings. The summed E-state index contributed by atoms with van der Waals surface area (Å²) in [6, 6.07) is 6.21.